The highest BCUT2D eigenvalue weighted by Gasteiger charge is 2.30. The molecule has 0 atom stereocenters. The molecule has 21 heavy (non-hydrogen) atoms. The van der Waals surface area contributed by atoms with Crippen molar-refractivity contribution >= 4 is 23.4 Å². The number of hydrogen-bond acceptors (Lipinski definition) is 4. The summed E-state index contributed by atoms with van der Waals surface area (Å²) in [6.07, 6.45) is -2.02. The molecule has 0 aliphatic heterocycles. The van der Waals surface area contributed by atoms with E-state index in [4.69, 9.17) is 11.6 Å². The van der Waals surface area contributed by atoms with Crippen molar-refractivity contribution in [3.05, 3.63) is 40.9 Å². The van der Waals surface area contributed by atoms with E-state index in [0.29, 0.717) is 27.5 Å². The first-order chi connectivity index (χ1) is 9.88. The molecular weight excluding hydrogens is 323 g/mol. The van der Waals surface area contributed by atoms with Crippen molar-refractivity contribution in [3.8, 4) is 0 Å². The Balaban J connectivity index is 2.18. The Labute approximate surface area is 129 Å². The lowest BCUT2D eigenvalue weighted by atomic mass is 10.3. The van der Waals surface area contributed by atoms with Crippen LogP contribution >= 0.6 is 23.4 Å². The monoisotopic (exact) mass is 333 g/mol. The predicted molar refractivity (Wildman–Crippen MR) is 74.4 cm³/mol. The maximum Gasteiger partial charge on any atom is 0.417 e. The van der Waals surface area contributed by atoms with Crippen LogP contribution in [0.5, 0.6) is 0 Å². The van der Waals surface area contributed by atoms with Crippen LogP contribution in [0, 0.1) is 0 Å². The second-order valence-electron chi connectivity index (χ2n) is 4.18. The molecule has 0 N–H and O–H groups in total. The van der Waals surface area contributed by atoms with Gasteiger partial charge in [-0.05, 0) is 30.3 Å². The van der Waals surface area contributed by atoms with Crippen LogP contribution in [0.1, 0.15) is 24.7 Å². The lowest BCUT2D eigenvalue weighted by Gasteiger charge is -2.07. The Morgan fingerprint density at radius 1 is 1.19 bits per heavy atom. The molecule has 0 aromatic carbocycles. The van der Waals surface area contributed by atoms with Gasteiger partial charge < -0.3 is 0 Å². The van der Waals surface area contributed by atoms with Crippen molar-refractivity contribution in [2.24, 2.45) is 0 Å². The Kier molecular flexibility index (Phi) is 5.05. The van der Waals surface area contributed by atoms with Crippen molar-refractivity contribution in [1.29, 1.82) is 0 Å². The van der Waals surface area contributed by atoms with Crippen molar-refractivity contribution in [2.45, 2.75) is 36.0 Å². The van der Waals surface area contributed by atoms with Gasteiger partial charge in [-0.25, -0.2) is 15.0 Å². The minimum absolute atomic E-state index is 0.308. The third kappa shape index (κ3) is 4.57. The fraction of sp³-hybridized carbons (Fsp3) is 0.308. The molecule has 0 aliphatic carbocycles. The third-order valence-corrected chi connectivity index (χ3v) is 3.53. The van der Waals surface area contributed by atoms with E-state index < -0.39 is 11.7 Å². The number of nitrogens with zero attached hydrogens (tertiary/aromatic N) is 3. The van der Waals surface area contributed by atoms with Gasteiger partial charge in [-0.3, -0.25) is 0 Å². The van der Waals surface area contributed by atoms with E-state index in [0.717, 1.165) is 30.4 Å². The molecule has 0 radical (unpaired) electrons. The zero-order valence-corrected chi connectivity index (χ0v) is 12.6. The molecular formula is C13H11ClF3N3S. The summed E-state index contributed by atoms with van der Waals surface area (Å²) in [5.41, 5.74) is -0.778. The first-order valence-electron chi connectivity index (χ1n) is 6.13. The van der Waals surface area contributed by atoms with Gasteiger partial charge in [-0.1, -0.05) is 18.5 Å². The lowest BCUT2D eigenvalue weighted by molar-refractivity contribution is -0.137. The van der Waals surface area contributed by atoms with E-state index in [2.05, 4.69) is 15.0 Å². The smallest absolute Gasteiger partial charge is 0.249 e. The molecule has 0 saturated carbocycles. The van der Waals surface area contributed by atoms with Crippen LogP contribution in [0.25, 0.3) is 0 Å². The number of aryl methyl sites for hydroxylation is 1. The van der Waals surface area contributed by atoms with Gasteiger partial charge in [0.05, 0.1) is 5.56 Å². The summed E-state index contributed by atoms with van der Waals surface area (Å²) in [5, 5.41) is 1.29. The van der Waals surface area contributed by atoms with Crippen LogP contribution in [0.3, 0.4) is 0 Å². The molecule has 2 aromatic rings. The fourth-order valence-corrected chi connectivity index (χ4v) is 2.59. The van der Waals surface area contributed by atoms with E-state index in [1.807, 2.05) is 6.92 Å². The zero-order valence-electron chi connectivity index (χ0n) is 11.0. The minimum Gasteiger partial charge on any atom is -0.249 e. The van der Waals surface area contributed by atoms with Crippen LogP contribution in [-0.4, -0.2) is 15.0 Å². The molecule has 0 amide bonds. The van der Waals surface area contributed by atoms with Crippen LogP contribution in [-0.2, 0) is 12.6 Å². The summed E-state index contributed by atoms with van der Waals surface area (Å²) in [6.45, 7) is 1.99. The van der Waals surface area contributed by atoms with Gasteiger partial charge >= 0.3 is 6.18 Å². The van der Waals surface area contributed by atoms with Gasteiger partial charge in [0.15, 0.2) is 0 Å². The van der Waals surface area contributed by atoms with Gasteiger partial charge in [0.2, 0.25) is 0 Å². The average Bonchev–Trinajstić information content (AvgIpc) is 2.38. The van der Waals surface area contributed by atoms with Crippen molar-refractivity contribution < 1.29 is 13.2 Å². The number of aromatic nitrogens is 3. The first-order valence-corrected chi connectivity index (χ1v) is 7.32. The largest absolute Gasteiger partial charge is 0.417 e. The highest BCUT2D eigenvalue weighted by atomic mass is 35.5. The van der Waals surface area contributed by atoms with Crippen LogP contribution in [0.2, 0.25) is 5.15 Å². The third-order valence-electron chi connectivity index (χ3n) is 2.46. The summed E-state index contributed by atoms with van der Waals surface area (Å²) in [5.74, 6) is 0.611. The molecule has 2 heterocycles. The SMILES string of the molecule is CCCc1nc(Cl)cc(Sc2ccc(C(F)(F)F)cn2)n1. The number of hydrogen-bond donors (Lipinski definition) is 0. The predicted octanol–water partition coefficient (Wildman–Crippen LogP) is 4.65. The van der Waals surface area contributed by atoms with Crippen molar-refractivity contribution in [1.82, 2.24) is 15.0 Å². The molecule has 0 fully saturated rings. The normalized spacial score (nSPS) is 11.7. The second kappa shape index (κ2) is 6.62. The molecule has 0 bridgehead atoms. The summed E-state index contributed by atoms with van der Waals surface area (Å²) in [6, 6.07) is 3.86. The topological polar surface area (TPSA) is 38.7 Å². The van der Waals surface area contributed by atoms with Crippen molar-refractivity contribution in [2.75, 3.05) is 0 Å². The summed E-state index contributed by atoms with van der Waals surface area (Å²) < 4.78 is 37.4. The summed E-state index contributed by atoms with van der Waals surface area (Å²) in [4.78, 5) is 12.2. The van der Waals surface area contributed by atoms with Crippen LogP contribution in [0.15, 0.2) is 34.4 Å². The van der Waals surface area contributed by atoms with Gasteiger partial charge in [0.1, 0.15) is 21.0 Å². The van der Waals surface area contributed by atoms with E-state index in [9.17, 15) is 13.2 Å². The molecule has 112 valence electrons. The standard InChI is InChI=1S/C13H11ClF3N3S/c1-2-3-10-19-9(14)6-12(20-10)21-11-5-4-8(7-18-11)13(15,16)17/h4-7H,2-3H2,1H3. The fourth-order valence-electron chi connectivity index (χ4n) is 1.55. The van der Waals surface area contributed by atoms with Gasteiger partial charge in [-0.2, -0.15) is 13.2 Å². The van der Waals surface area contributed by atoms with Crippen molar-refractivity contribution in [3.63, 3.8) is 0 Å². The summed E-state index contributed by atoms with van der Waals surface area (Å²) in [7, 11) is 0. The van der Waals surface area contributed by atoms with Gasteiger partial charge in [-0.15, -0.1) is 0 Å². The van der Waals surface area contributed by atoms with E-state index in [-0.39, 0.29) is 0 Å². The summed E-state index contributed by atoms with van der Waals surface area (Å²) >= 11 is 7.05. The number of pyridine rings is 1. The lowest BCUT2D eigenvalue weighted by Crippen LogP contribution is -2.05. The molecule has 0 unspecified atom stereocenters. The number of rotatable bonds is 4. The molecule has 2 rings (SSSR count). The first kappa shape index (κ1) is 16.0. The Hall–Kier alpha value is -1.34. The Morgan fingerprint density at radius 3 is 2.52 bits per heavy atom. The molecule has 2 aromatic heterocycles. The maximum absolute atomic E-state index is 12.5. The molecule has 3 nitrogen and oxygen atoms in total. The highest BCUT2D eigenvalue weighted by molar-refractivity contribution is 7.99. The molecule has 0 spiro atoms. The molecule has 8 heteroatoms. The van der Waals surface area contributed by atoms with E-state index in [1.165, 1.54) is 6.07 Å². The van der Waals surface area contributed by atoms with Crippen LogP contribution < -0.4 is 0 Å². The van der Waals surface area contributed by atoms with Crippen LogP contribution in [0.4, 0.5) is 13.2 Å². The average molecular weight is 334 g/mol. The number of alkyl halides is 3. The minimum atomic E-state index is -4.39. The highest BCUT2D eigenvalue weighted by Crippen LogP contribution is 2.31. The zero-order chi connectivity index (χ0) is 15.5. The van der Waals surface area contributed by atoms with Gasteiger partial charge in [0.25, 0.3) is 0 Å². The Bertz CT molecular complexity index is 617. The second-order valence-corrected chi connectivity index (χ2v) is 5.61. The molecule has 0 aliphatic rings. The molecule has 0 saturated heterocycles. The maximum atomic E-state index is 12.5. The number of halogens is 4. The van der Waals surface area contributed by atoms with E-state index in [1.54, 1.807) is 6.07 Å². The quantitative estimate of drug-likeness (QED) is 0.764. The Morgan fingerprint density at radius 2 is 1.95 bits per heavy atom. The van der Waals surface area contributed by atoms with E-state index >= 15 is 0 Å². The van der Waals surface area contributed by atoms with Gasteiger partial charge in [0, 0.05) is 18.7 Å².